The summed E-state index contributed by atoms with van der Waals surface area (Å²) in [7, 11) is 0. The van der Waals surface area contributed by atoms with Gasteiger partial charge in [-0.25, -0.2) is 10.9 Å². The van der Waals surface area contributed by atoms with E-state index in [-0.39, 0.29) is 11.6 Å². The number of nitrogens with one attached hydrogen (secondary N) is 3. The van der Waals surface area contributed by atoms with Gasteiger partial charge in [-0.1, -0.05) is 20.8 Å². The Kier molecular flexibility index (Phi) is 2.53. The third-order valence-corrected chi connectivity index (χ3v) is 3.15. The summed E-state index contributed by atoms with van der Waals surface area (Å²) in [5.74, 6) is 0.461. The smallest absolute Gasteiger partial charge is 0.0745 e. The molecule has 2 fully saturated rings. The van der Waals surface area contributed by atoms with Crippen LogP contribution in [-0.2, 0) is 0 Å². The molecule has 5 N–H and O–H groups in total. The maximum absolute atomic E-state index is 6.10. The molecule has 2 aliphatic rings. The summed E-state index contributed by atoms with van der Waals surface area (Å²) < 4.78 is 0. The van der Waals surface area contributed by atoms with Crippen molar-refractivity contribution >= 4 is 0 Å². The highest BCUT2D eigenvalue weighted by Gasteiger charge is 2.46. The SMILES string of the molecule is CC(C)(C)C1C(N)NN2NCNCC12. The van der Waals surface area contributed by atoms with E-state index in [1.807, 2.05) is 0 Å². The van der Waals surface area contributed by atoms with Gasteiger partial charge in [-0.05, 0) is 5.41 Å². The second-order valence-corrected chi connectivity index (χ2v) is 5.27. The first-order chi connectivity index (χ1) is 6.50. The lowest BCUT2D eigenvalue weighted by molar-refractivity contribution is 0.0469. The lowest BCUT2D eigenvalue weighted by atomic mass is 9.75. The molecule has 0 aromatic rings. The quantitative estimate of drug-likeness (QED) is 0.411. The van der Waals surface area contributed by atoms with Gasteiger partial charge in [0.1, 0.15) is 0 Å². The number of hydrogen-bond acceptors (Lipinski definition) is 5. The Bertz CT molecular complexity index is 212. The van der Waals surface area contributed by atoms with Gasteiger partial charge in [-0.2, -0.15) is 5.12 Å². The predicted octanol–water partition coefficient (Wildman–Crippen LogP) is -0.812. The Labute approximate surface area is 85.3 Å². The highest BCUT2D eigenvalue weighted by molar-refractivity contribution is 4.97. The van der Waals surface area contributed by atoms with Gasteiger partial charge in [0.15, 0.2) is 0 Å². The fourth-order valence-electron chi connectivity index (χ4n) is 2.59. The summed E-state index contributed by atoms with van der Waals surface area (Å²) in [4.78, 5) is 0. The third kappa shape index (κ3) is 1.66. The average molecular weight is 199 g/mol. The Morgan fingerprint density at radius 1 is 1.36 bits per heavy atom. The van der Waals surface area contributed by atoms with E-state index >= 15 is 0 Å². The highest BCUT2D eigenvalue weighted by Crippen LogP contribution is 2.35. The highest BCUT2D eigenvalue weighted by atomic mass is 15.8. The van der Waals surface area contributed by atoms with Gasteiger partial charge in [-0.3, -0.25) is 0 Å². The van der Waals surface area contributed by atoms with E-state index in [4.69, 9.17) is 5.73 Å². The van der Waals surface area contributed by atoms with Crippen molar-refractivity contribution in [3.05, 3.63) is 0 Å². The van der Waals surface area contributed by atoms with Crippen molar-refractivity contribution in [3.63, 3.8) is 0 Å². The molecule has 0 aromatic heterocycles. The van der Waals surface area contributed by atoms with Gasteiger partial charge in [0, 0.05) is 12.5 Å². The largest absolute Gasteiger partial charge is 0.315 e. The summed E-state index contributed by atoms with van der Waals surface area (Å²) in [5.41, 5.74) is 12.8. The maximum atomic E-state index is 6.10. The van der Waals surface area contributed by atoms with E-state index in [9.17, 15) is 0 Å². The molecule has 0 bridgehead atoms. The minimum atomic E-state index is 0.0485. The van der Waals surface area contributed by atoms with Crippen LogP contribution in [0.2, 0.25) is 0 Å². The van der Waals surface area contributed by atoms with Crippen molar-refractivity contribution in [2.75, 3.05) is 13.2 Å². The van der Waals surface area contributed by atoms with Crippen molar-refractivity contribution < 1.29 is 0 Å². The van der Waals surface area contributed by atoms with Crippen LogP contribution in [0.3, 0.4) is 0 Å². The molecular formula is C9H21N5. The van der Waals surface area contributed by atoms with Crippen molar-refractivity contribution in [2.45, 2.75) is 33.0 Å². The normalized spacial score (nSPS) is 39.9. The van der Waals surface area contributed by atoms with Crippen LogP contribution in [0.25, 0.3) is 0 Å². The molecule has 5 heteroatoms. The van der Waals surface area contributed by atoms with E-state index in [0.29, 0.717) is 12.0 Å². The monoisotopic (exact) mass is 199 g/mol. The fourth-order valence-corrected chi connectivity index (χ4v) is 2.59. The van der Waals surface area contributed by atoms with E-state index in [2.05, 4.69) is 42.1 Å². The van der Waals surface area contributed by atoms with Crippen LogP contribution >= 0.6 is 0 Å². The molecule has 0 saturated carbocycles. The Morgan fingerprint density at radius 2 is 2.07 bits per heavy atom. The van der Waals surface area contributed by atoms with Gasteiger partial charge in [0.2, 0.25) is 0 Å². The first kappa shape index (κ1) is 10.3. The molecule has 2 saturated heterocycles. The van der Waals surface area contributed by atoms with Crippen molar-refractivity contribution in [1.29, 1.82) is 0 Å². The molecular weight excluding hydrogens is 178 g/mol. The van der Waals surface area contributed by atoms with E-state index < -0.39 is 0 Å². The van der Waals surface area contributed by atoms with Crippen LogP contribution in [0.4, 0.5) is 0 Å². The van der Waals surface area contributed by atoms with Crippen LogP contribution in [0, 0.1) is 11.3 Å². The van der Waals surface area contributed by atoms with Crippen LogP contribution in [0.1, 0.15) is 20.8 Å². The minimum absolute atomic E-state index is 0.0485. The zero-order valence-corrected chi connectivity index (χ0v) is 9.17. The summed E-state index contributed by atoms with van der Waals surface area (Å²) in [5, 5.41) is 5.40. The standard InChI is InChI=1S/C9H21N5/c1-9(2,3)7-6-4-11-5-12-14(6)13-8(7)10/h6-8,11-13H,4-5,10H2,1-3H3. The molecule has 5 nitrogen and oxygen atoms in total. The van der Waals surface area contributed by atoms with Crippen LogP contribution < -0.4 is 21.9 Å². The molecule has 2 aliphatic heterocycles. The topological polar surface area (TPSA) is 65.3 Å². The second kappa shape index (κ2) is 3.43. The molecule has 3 unspecified atom stereocenters. The second-order valence-electron chi connectivity index (χ2n) is 5.27. The van der Waals surface area contributed by atoms with Crippen molar-refractivity contribution in [1.82, 2.24) is 21.3 Å². The van der Waals surface area contributed by atoms with Crippen molar-refractivity contribution in [3.8, 4) is 0 Å². The molecule has 0 radical (unpaired) electrons. The van der Waals surface area contributed by atoms with Crippen LogP contribution in [-0.4, -0.2) is 30.5 Å². The summed E-state index contributed by atoms with van der Waals surface area (Å²) in [6.45, 7) is 8.55. The summed E-state index contributed by atoms with van der Waals surface area (Å²) in [6.07, 6.45) is 0.0485. The van der Waals surface area contributed by atoms with E-state index in [0.717, 1.165) is 13.2 Å². The summed E-state index contributed by atoms with van der Waals surface area (Å²) in [6, 6.07) is 0.443. The Morgan fingerprint density at radius 3 is 2.71 bits per heavy atom. The van der Waals surface area contributed by atoms with Crippen LogP contribution in [0.5, 0.6) is 0 Å². The molecule has 0 aromatic carbocycles. The third-order valence-electron chi connectivity index (χ3n) is 3.15. The van der Waals surface area contributed by atoms with E-state index in [1.165, 1.54) is 0 Å². The lowest BCUT2D eigenvalue weighted by Crippen LogP contribution is -2.60. The minimum Gasteiger partial charge on any atom is -0.315 e. The zero-order valence-electron chi connectivity index (χ0n) is 9.17. The number of nitrogens with zero attached hydrogens (tertiary/aromatic N) is 1. The average Bonchev–Trinajstić information content (AvgIpc) is 2.38. The Hall–Kier alpha value is -0.200. The lowest BCUT2D eigenvalue weighted by Gasteiger charge is -2.37. The molecule has 3 atom stereocenters. The number of fused-ring (bicyclic) bond motifs is 1. The fraction of sp³-hybridized carbons (Fsp3) is 1.00. The molecule has 0 amide bonds. The van der Waals surface area contributed by atoms with Gasteiger partial charge in [-0.15, -0.1) is 0 Å². The van der Waals surface area contributed by atoms with Crippen molar-refractivity contribution in [2.24, 2.45) is 17.1 Å². The van der Waals surface area contributed by atoms with Gasteiger partial charge >= 0.3 is 0 Å². The number of hydrazine groups is 2. The Balaban J connectivity index is 2.15. The number of nitrogens with two attached hydrogens (primary N) is 1. The van der Waals surface area contributed by atoms with Gasteiger partial charge < -0.3 is 11.1 Å². The zero-order chi connectivity index (χ0) is 10.3. The van der Waals surface area contributed by atoms with Gasteiger partial charge in [0.25, 0.3) is 0 Å². The first-order valence-corrected chi connectivity index (χ1v) is 5.25. The molecule has 0 spiro atoms. The molecule has 14 heavy (non-hydrogen) atoms. The van der Waals surface area contributed by atoms with E-state index in [1.54, 1.807) is 0 Å². The molecule has 82 valence electrons. The molecule has 2 rings (SSSR count). The molecule has 0 aliphatic carbocycles. The molecule has 2 heterocycles. The number of rotatable bonds is 0. The predicted molar refractivity (Wildman–Crippen MR) is 55.7 cm³/mol. The number of hydrogen-bond donors (Lipinski definition) is 4. The van der Waals surface area contributed by atoms with Crippen LogP contribution in [0.15, 0.2) is 0 Å². The first-order valence-electron chi connectivity index (χ1n) is 5.25. The summed E-state index contributed by atoms with van der Waals surface area (Å²) >= 11 is 0. The van der Waals surface area contributed by atoms with Gasteiger partial charge in [0.05, 0.1) is 18.9 Å². The maximum Gasteiger partial charge on any atom is 0.0745 e.